The molecule has 1 aliphatic rings. The van der Waals surface area contributed by atoms with E-state index in [1.54, 1.807) is 23.2 Å². The number of benzene rings is 1. The normalized spacial score (nSPS) is 18.5. The third kappa shape index (κ3) is 2.62. The summed E-state index contributed by atoms with van der Waals surface area (Å²) < 4.78 is 12.2. The second kappa shape index (κ2) is 5.75. The minimum Gasteiger partial charge on any atom is -0.423 e. The lowest BCUT2D eigenvalue weighted by atomic mass is 10.1. The maximum atomic E-state index is 12.9. The Morgan fingerprint density at radius 1 is 1.35 bits per heavy atom. The molecule has 6 nitrogen and oxygen atoms in total. The zero-order valence-corrected chi connectivity index (χ0v) is 13.4. The molecule has 1 atom stereocenters. The van der Waals surface area contributed by atoms with Crippen LogP contribution in [0.25, 0.3) is 10.1 Å². The van der Waals surface area contributed by atoms with E-state index in [0.29, 0.717) is 31.5 Å². The van der Waals surface area contributed by atoms with Crippen molar-refractivity contribution in [1.82, 2.24) is 15.1 Å². The fourth-order valence-electron chi connectivity index (χ4n) is 2.74. The summed E-state index contributed by atoms with van der Waals surface area (Å²) in [5, 5.41) is 10.7. The summed E-state index contributed by atoms with van der Waals surface area (Å²) in [6.07, 6.45) is -0.362. The Kier molecular flexibility index (Phi) is 3.59. The molecule has 4 rings (SSSR count). The Morgan fingerprint density at radius 3 is 3.04 bits per heavy atom. The topological polar surface area (TPSA) is 68.5 Å². The molecule has 3 aromatic rings. The van der Waals surface area contributed by atoms with Crippen LogP contribution in [-0.2, 0) is 4.74 Å². The van der Waals surface area contributed by atoms with Gasteiger partial charge in [-0.2, -0.15) is 0 Å². The number of carbonyl (C=O) groups is 1. The number of carbonyl (C=O) groups excluding carboxylic acids is 1. The van der Waals surface area contributed by atoms with E-state index in [4.69, 9.17) is 9.15 Å². The van der Waals surface area contributed by atoms with Gasteiger partial charge >= 0.3 is 0 Å². The average Bonchev–Trinajstić information content (AvgIpc) is 3.20. The van der Waals surface area contributed by atoms with Crippen LogP contribution in [0.5, 0.6) is 0 Å². The highest BCUT2D eigenvalue weighted by Gasteiger charge is 2.30. The molecule has 0 spiro atoms. The molecule has 0 aliphatic carbocycles. The molecule has 1 aromatic carbocycles. The predicted molar refractivity (Wildman–Crippen MR) is 85.5 cm³/mol. The van der Waals surface area contributed by atoms with Gasteiger partial charge < -0.3 is 14.1 Å². The first-order chi connectivity index (χ1) is 11.2. The van der Waals surface area contributed by atoms with Gasteiger partial charge in [-0.3, -0.25) is 4.79 Å². The zero-order valence-electron chi connectivity index (χ0n) is 12.6. The minimum absolute atomic E-state index is 0.0204. The van der Waals surface area contributed by atoms with E-state index in [9.17, 15) is 4.79 Å². The Hall–Kier alpha value is -2.25. The number of hydrogen-bond donors (Lipinski definition) is 0. The number of morpholine rings is 1. The standard InChI is InChI=1S/C16H15N3O3S/c1-10-17-18-15(22-10)13-8-19(6-7-21-13)16(20)12-9-23-14-5-3-2-4-11(12)14/h2-5,9,13H,6-8H2,1H3/t13-/m1/s1. The molecular formula is C16H15N3O3S. The highest BCUT2D eigenvalue weighted by atomic mass is 32.1. The van der Waals surface area contributed by atoms with Gasteiger partial charge in [0.15, 0.2) is 6.10 Å². The molecule has 0 bridgehead atoms. The maximum absolute atomic E-state index is 12.9. The van der Waals surface area contributed by atoms with Crippen molar-refractivity contribution in [3.05, 3.63) is 47.0 Å². The van der Waals surface area contributed by atoms with Gasteiger partial charge in [0.1, 0.15) is 0 Å². The Morgan fingerprint density at radius 2 is 2.22 bits per heavy atom. The van der Waals surface area contributed by atoms with Gasteiger partial charge in [0, 0.05) is 28.9 Å². The lowest BCUT2D eigenvalue weighted by Gasteiger charge is -2.31. The number of rotatable bonds is 2. The van der Waals surface area contributed by atoms with Gasteiger partial charge in [0.2, 0.25) is 11.8 Å². The average molecular weight is 329 g/mol. The Balaban J connectivity index is 1.58. The first-order valence-corrected chi connectivity index (χ1v) is 8.27. The zero-order chi connectivity index (χ0) is 15.8. The van der Waals surface area contributed by atoms with Crippen LogP contribution < -0.4 is 0 Å². The van der Waals surface area contributed by atoms with Gasteiger partial charge in [-0.25, -0.2) is 0 Å². The van der Waals surface area contributed by atoms with Crippen LogP contribution in [0.1, 0.15) is 28.2 Å². The number of ether oxygens (including phenoxy) is 1. The fraction of sp³-hybridized carbons (Fsp3) is 0.312. The molecule has 0 radical (unpaired) electrons. The van der Waals surface area contributed by atoms with Crippen molar-refractivity contribution in [3.63, 3.8) is 0 Å². The maximum Gasteiger partial charge on any atom is 0.255 e. The highest BCUT2D eigenvalue weighted by Crippen LogP contribution is 2.28. The molecular weight excluding hydrogens is 314 g/mol. The van der Waals surface area contributed by atoms with E-state index >= 15 is 0 Å². The minimum atomic E-state index is -0.362. The van der Waals surface area contributed by atoms with Crippen LogP contribution in [0, 0.1) is 6.92 Å². The largest absolute Gasteiger partial charge is 0.423 e. The van der Waals surface area contributed by atoms with Gasteiger partial charge in [-0.1, -0.05) is 18.2 Å². The first-order valence-electron chi connectivity index (χ1n) is 7.39. The first kappa shape index (κ1) is 14.3. The molecule has 1 saturated heterocycles. The molecule has 0 unspecified atom stereocenters. The van der Waals surface area contributed by atoms with Crippen molar-refractivity contribution < 1.29 is 13.9 Å². The molecule has 1 fully saturated rings. The molecule has 0 N–H and O–H groups in total. The van der Waals surface area contributed by atoms with Crippen LogP contribution in [0.3, 0.4) is 0 Å². The molecule has 3 heterocycles. The second-order valence-electron chi connectivity index (χ2n) is 5.42. The number of aromatic nitrogens is 2. The number of amides is 1. The Labute approximate surface area is 136 Å². The summed E-state index contributed by atoms with van der Waals surface area (Å²) in [7, 11) is 0. The van der Waals surface area contributed by atoms with E-state index in [2.05, 4.69) is 10.2 Å². The number of aryl methyl sites for hydroxylation is 1. The lowest BCUT2D eigenvalue weighted by Crippen LogP contribution is -2.42. The molecule has 1 aliphatic heterocycles. The van der Waals surface area contributed by atoms with Crippen molar-refractivity contribution in [3.8, 4) is 0 Å². The lowest BCUT2D eigenvalue weighted by molar-refractivity contribution is -0.0348. The number of nitrogens with zero attached hydrogens (tertiary/aromatic N) is 3. The summed E-state index contributed by atoms with van der Waals surface area (Å²) in [6.45, 7) is 3.18. The number of thiophene rings is 1. The molecule has 0 saturated carbocycles. The molecule has 2 aromatic heterocycles. The van der Waals surface area contributed by atoms with Gasteiger partial charge in [0.05, 0.1) is 18.7 Å². The summed E-state index contributed by atoms with van der Waals surface area (Å²) in [4.78, 5) is 14.7. The number of fused-ring (bicyclic) bond motifs is 1. The second-order valence-corrected chi connectivity index (χ2v) is 6.33. The van der Waals surface area contributed by atoms with Crippen molar-refractivity contribution in [2.45, 2.75) is 13.0 Å². The van der Waals surface area contributed by atoms with Crippen molar-refractivity contribution in [2.75, 3.05) is 19.7 Å². The van der Waals surface area contributed by atoms with Crippen molar-refractivity contribution >= 4 is 27.3 Å². The summed E-state index contributed by atoms with van der Waals surface area (Å²) in [5.74, 6) is 0.943. The monoisotopic (exact) mass is 329 g/mol. The van der Waals surface area contributed by atoms with E-state index in [0.717, 1.165) is 15.6 Å². The third-order valence-corrected chi connectivity index (χ3v) is 4.85. The van der Waals surface area contributed by atoms with E-state index in [1.807, 2.05) is 29.6 Å². The van der Waals surface area contributed by atoms with Gasteiger partial charge in [0.25, 0.3) is 5.91 Å². The Bertz CT molecular complexity index is 857. The predicted octanol–water partition coefficient (Wildman–Crippen LogP) is 2.81. The third-order valence-electron chi connectivity index (χ3n) is 3.88. The van der Waals surface area contributed by atoms with E-state index in [-0.39, 0.29) is 12.0 Å². The van der Waals surface area contributed by atoms with Crippen LogP contribution >= 0.6 is 11.3 Å². The van der Waals surface area contributed by atoms with Crippen LogP contribution in [0.4, 0.5) is 0 Å². The van der Waals surface area contributed by atoms with Crippen LogP contribution in [0.2, 0.25) is 0 Å². The highest BCUT2D eigenvalue weighted by molar-refractivity contribution is 7.17. The summed E-state index contributed by atoms with van der Waals surface area (Å²) >= 11 is 1.59. The van der Waals surface area contributed by atoms with Crippen LogP contribution in [0.15, 0.2) is 34.1 Å². The SMILES string of the molecule is Cc1nnc([C@H]2CN(C(=O)c3csc4ccccc34)CCO2)o1. The quantitative estimate of drug-likeness (QED) is 0.723. The van der Waals surface area contributed by atoms with Gasteiger partial charge in [-0.15, -0.1) is 21.5 Å². The molecule has 23 heavy (non-hydrogen) atoms. The molecule has 118 valence electrons. The van der Waals surface area contributed by atoms with Crippen molar-refractivity contribution in [2.24, 2.45) is 0 Å². The van der Waals surface area contributed by atoms with E-state index < -0.39 is 0 Å². The fourth-order valence-corrected chi connectivity index (χ4v) is 3.67. The van der Waals surface area contributed by atoms with Crippen LogP contribution in [-0.4, -0.2) is 40.7 Å². The summed E-state index contributed by atoms with van der Waals surface area (Å²) in [6, 6.07) is 7.95. The number of hydrogen-bond acceptors (Lipinski definition) is 6. The van der Waals surface area contributed by atoms with Crippen molar-refractivity contribution in [1.29, 1.82) is 0 Å². The molecule has 1 amide bonds. The van der Waals surface area contributed by atoms with E-state index in [1.165, 1.54) is 0 Å². The smallest absolute Gasteiger partial charge is 0.255 e. The molecule has 7 heteroatoms. The summed E-state index contributed by atoms with van der Waals surface area (Å²) in [5.41, 5.74) is 0.743. The van der Waals surface area contributed by atoms with Gasteiger partial charge in [-0.05, 0) is 6.07 Å².